The van der Waals surface area contributed by atoms with Gasteiger partial charge in [0.1, 0.15) is 0 Å². The molecule has 2 aliphatic heterocycles. The molecule has 7 heteroatoms. The maximum absolute atomic E-state index is 13.2. The number of benzene rings is 1. The number of carbonyl (C=O) groups is 2. The summed E-state index contributed by atoms with van der Waals surface area (Å²) < 4.78 is 11.4. The molecule has 0 bridgehead atoms. The Morgan fingerprint density at radius 1 is 1.14 bits per heavy atom. The minimum atomic E-state index is -0.0182. The normalized spacial score (nSPS) is 22.7. The third-order valence-electron chi connectivity index (χ3n) is 6.05. The maximum atomic E-state index is 13.2. The molecule has 3 fully saturated rings. The number of amides is 2. The van der Waals surface area contributed by atoms with E-state index in [2.05, 4.69) is 4.90 Å². The number of carbonyl (C=O) groups excluding carboxylic acids is 2. The highest BCUT2D eigenvalue weighted by atomic mass is 16.5. The second kappa shape index (κ2) is 9.24. The number of rotatable bonds is 7. The fraction of sp³-hybridized carbons (Fsp3) is 0.636. The van der Waals surface area contributed by atoms with Crippen molar-refractivity contribution in [2.45, 2.75) is 25.4 Å². The maximum Gasteiger partial charge on any atom is 0.256 e. The van der Waals surface area contributed by atoms with Crippen LogP contribution in [-0.4, -0.2) is 87.3 Å². The Bertz CT molecular complexity index is 731. The first-order valence-corrected chi connectivity index (χ1v) is 10.7. The molecule has 0 aromatic heterocycles. The monoisotopic (exact) mass is 401 g/mol. The molecule has 4 rings (SSSR count). The smallest absolute Gasteiger partial charge is 0.256 e. The zero-order valence-electron chi connectivity index (χ0n) is 17.2. The third kappa shape index (κ3) is 4.97. The lowest BCUT2D eigenvalue weighted by atomic mass is 10.1. The Morgan fingerprint density at radius 3 is 2.66 bits per heavy atom. The summed E-state index contributed by atoms with van der Waals surface area (Å²) in [4.78, 5) is 31.5. The lowest BCUT2D eigenvalue weighted by molar-refractivity contribution is -0.119. The molecule has 2 heterocycles. The molecular weight excluding hydrogens is 370 g/mol. The van der Waals surface area contributed by atoms with E-state index in [9.17, 15) is 9.59 Å². The van der Waals surface area contributed by atoms with Crippen LogP contribution in [0.5, 0.6) is 0 Å². The van der Waals surface area contributed by atoms with Crippen LogP contribution in [0.25, 0.3) is 0 Å². The summed E-state index contributed by atoms with van der Waals surface area (Å²) in [6.07, 6.45) is 2.84. The Balaban J connectivity index is 1.31. The summed E-state index contributed by atoms with van der Waals surface area (Å²) in [5.74, 6) is 0.213. The molecule has 2 saturated heterocycles. The summed E-state index contributed by atoms with van der Waals surface area (Å²) in [5, 5.41) is 0. The minimum Gasteiger partial charge on any atom is -0.379 e. The SMILES string of the molecule is CN(C(=O)C1CC1)c1ccccc1C(=O)N1CC[C@@H](OCCN2CCOCC2)C1. The van der Waals surface area contributed by atoms with Gasteiger partial charge in [0.05, 0.1) is 37.2 Å². The van der Waals surface area contributed by atoms with Gasteiger partial charge in [0.25, 0.3) is 5.91 Å². The average molecular weight is 402 g/mol. The molecule has 1 saturated carbocycles. The number of likely N-dealkylation sites (tertiary alicyclic amines) is 1. The summed E-state index contributed by atoms with van der Waals surface area (Å²) >= 11 is 0. The van der Waals surface area contributed by atoms with Gasteiger partial charge in [0.15, 0.2) is 0 Å². The molecule has 1 aromatic rings. The van der Waals surface area contributed by atoms with E-state index < -0.39 is 0 Å². The van der Waals surface area contributed by atoms with Crippen molar-refractivity contribution in [3.8, 4) is 0 Å². The summed E-state index contributed by atoms with van der Waals surface area (Å²) in [7, 11) is 1.77. The van der Waals surface area contributed by atoms with Crippen molar-refractivity contribution in [1.82, 2.24) is 9.80 Å². The van der Waals surface area contributed by atoms with Crippen LogP contribution in [0, 0.1) is 5.92 Å². The molecule has 0 spiro atoms. The minimum absolute atomic E-state index is 0.0182. The second-order valence-corrected chi connectivity index (χ2v) is 8.18. The molecule has 2 amide bonds. The van der Waals surface area contributed by atoms with Gasteiger partial charge >= 0.3 is 0 Å². The Hall–Kier alpha value is -1.96. The van der Waals surface area contributed by atoms with E-state index in [0.717, 1.165) is 52.1 Å². The van der Waals surface area contributed by atoms with Crippen LogP contribution < -0.4 is 4.90 Å². The van der Waals surface area contributed by atoms with E-state index in [1.54, 1.807) is 11.9 Å². The topological polar surface area (TPSA) is 62.3 Å². The van der Waals surface area contributed by atoms with Gasteiger partial charge in [-0.1, -0.05) is 12.1 Å². The first-order chi connectivity index (χ1) is 14.1. The zero-order valence-corrected chi connectivity index (χ0v) is 17.2. The highest BCUT2D eigenvalue weighted by Gasteiger charge is 2.34. The molecule has 7 nitrogen and oxygen atoms in total. The quantitative estimate of drug-likeness (QED) is 0.695. The molecule has 0 unspecified atom stereocenters. The number of nitrogens with zero attached hydrogens (tertiary/aromatic N) is 3. The Morgan fingerprint density at radius 2 is 1.90 bits per heavy atom. The van der Waals surface area contributed by atoms with Crippen LogP contribution in [0.1, 0.15) is 29.6 Å². The van der Waals surface area contributed by atoms with Crippen molar-refractivity contribution in [2.75, 3.05) is 64.5 Å². The summed E-state index contributed by atoms with van der Waals surface area (Å²) in [6.45, 7) is 6.40. The number of morpholine rings is 1. The number of hydrogen-bond donors (Lipinski definition) is 0. The van der Waals surface area contributed by atoms with Crippen LogP contribution in [0.4, 0.5) is 5.69 Å². The molecule has 158 valence electrons. The molecule has 1 atom stereocenters. The van der Waals surface area contributed by atoms with Gasteiger partial charge in [-0.3, -0.25) is 14.5 Å². The molecule has 1 aromatic carbocycles. The fourth-order valence-electron chi connectivity index (χ4n) is 4.06. The van der Waals surface area contributed by atoms with Crippen molar-refractivity contribution in [2.24, 2.45) is 5.92 Å². The third-order valence-corrected chi connectivity index (χ3v) is 6.05. The first kappa shape index (κ1) is 20.3. The van der Waals surface area contributed by atoms with Gasteiger partial charge < -0.3 is 19.3 Å². The number of para-hydroxylation sites is 1. The van der Waals surface area contributed by atoms with Crippen molar-refractivity contribution < 1.29 is 19.1 Å². The fourth-order valence-corrected chi connectivity index (χ4v) is 4.06. The highest BCUT2D eigenvalue weighted by Crippen LogP contribution is 2.33. The van der Waals surface area contributed by atoms with E-state index in [1.807, 2.05) is 29.2 Å². The molecular formula is C22H31N3O4. The van der Waals surface area contributed by atoms with Crippen molar-refractivity contribution in [3.05, 3.63) is 29.8 Å². The molecule has 0 radical (unpaired) electrons. The molecule has 0 N–H and O–H groups in total. The van der Waals surface area contributed by atoms with Crippen LogP contribution in [0.15, 0.2) is 24.3 Å². The van der Waals surface area contributed by atoms with Crippen LogP contribution in [0.3, 0.4) is 0 Å². The molecule has 29 heavy (non-hydrogen) atoms. The van der Waals surface area contributed by atoms with E-state index >= 15 is 0 Å². The van der Waals surface area contributed by atoms with E-state index in [0.29, 0.717) is 30.9 Å². The van der Waals surface area contributed by atoms with Crippen molar-refractivity contribution in [1.29, 1.82) is 0 Å². The van der Waals surface area contributed by atoms with Gasteiger partial charge in [-0.2, -0.15) is 0 Å². The first-order valence-electron chi connectivity index (χ1n) is 10.7. The van der Waals surface area contributed by atoms with E-state index in [-0.39, 0.29) is 23.8 Å². The Kier molecular flexibility index (Phi) is 6.47. The van der Waals surface area contributed by atoms with Crippen LogP contribution in [-0.2, 0) is 14.3 Å². The summed E-state index contributed by atoms with van der Waals surface area (Å²) in [5.41, 5.74) is 1.30. The van der Waals surface area contributed by atoms with E-state index in [4.69, 9.17) is 9.47 Å². The highest BCUT2D eigenvalue weighted by molar-refractivity contribution is 6.05. The van der Waals surface area contributed by atoms with Gasteiger partial charge in [0.2, 0.25) is 5.91 Å². The van der Waals surface area contributed by atoms with Crippen molar-refractivity contribution in [3.63, 3.8) is 0 Å². The Labute approximate surface area is 172 Å². The number of ether oxygens (including phenoxy) is 2. The van der Waals surface area contributed by atoms with Crippen molar-refractivity contribution >= 4 is 17.5 Å². The largest absolute Gasteiger partial charge is 0.379 e. The van der Waals surface area contributed by atoms with Gasteiger partial charge in [-0.25, -0.2) is 0 Å². The molecule has 3 aliphatic rings. The lowest BCUT2D eigenvalue weighted by Crippen LogP contribution is -2.39. The number of anilines is 1. The predicted octanol–water partition coefficient (Wildman–Crippen LogP) is 1.62. The number of hydrogen-bond acceptors (Lipinski definition) is 5. The summed E-state index contributed by atoms with van der Waals surface area (Å²) in [6, 6.07) is 7.42. The lowest BCUT2D eigenvalue weighted by Gasteiger charge is -2.27. The van der Waals surface area contributed by atoms with Gasteiger partial charge in [-0.15, -0.1) is 0 Å². The van der Waals surface area contributed by atoms with E-state index in [1.165, 1.54) is 0 Å². The second-order valence-electron chi connectivity index (χ2n) is 8.18. The average Bonchev–Trinajstić information content (AvgIpc) is 3.51. The zero-order chi connectivity index (χ0) is 20.2. The standard InChI is InChI=1S/C22H31N3O4/c1-23(21(26)17-6-7-17)20-5-3-2-4-19(20)22(27)25-9-8-18(16-25)29-15-12-24-10-13-28-14-11-24/h2-5,17-18H,6-16H2,1H3/t18-/m1/s1. The van der Waals surface area contributed by atoms with Crippen LogP contribution in [0.2, 0.25) is 0 Å². The van der Waals surface area contributed by atoms with Crippen LogP contribution >= 0.6 is 0 Å². The van der Waals surface area contributed by atoms with Gasteiger partial charge in [-0.05, 0) is 31.4 Å². The van der Waals surface area contributed by atoms with Gasteiger partial charge in [0, 0.05) is 45.7 Å². The molecule has 1 aliphatic carbocycles. The predicted molar refractivity (Wildman–Crippen MR) is 110 cm³/mol.